The van der Waals surface area contributed by atoms with Crippen LogP contribution in [0.15, 0.2) is 24.3 Å². The molecule has 0 radical (unpaired) electrons. The first kappa shape index (κ1) is 36.9. The third kappa shape index (κ3) is 7.28. The molecule has 0 fully saturated rings. The van der Waals surface area contributed by atoms with Crippen LogP contribution in [0.4, 0.5) is 0 Å². The van der Waals surface area contributed by atoms with Crippen molar-refractivity contribution in [2.45, 2.75) is 83.5 Å². The van der Waals surface area contributed by atoms with Gasteiger partial charge in [0.25, 0.3) is 0 Å². The Hall–Kier alpha value is -5.33. The van der Waals surface area contributed by atoms with E-state index in [4.69, 9.17) is 28.9 Å². The molecule has 2 atom stereocenters. The van der Waals surface area contributed by atoms with Crippen molar-refractivity contribution in [2.24, 2.45) is 0 Å². The third-order valence-electron chi connectivity index (χ3n) is 10.2. The molecule has 2 aliphatic heterocycles. The molecule has 270 valence electrons. The molecular weight excluding hydrogens is 656 g/mol. The highest BCUT2D eigenvalue weighted by Crippen LogP contribution is 2.39. The Balaban J connectivity index is 1.91. The summed E-state index contributed by atoms with van der Waals surface area (Å²) in [5, 5.41) is 0. The van der Waals surface area contributed by atoms with Gasteiger partial charge in [0.2, 0.25) is 0 Å². The number of fused-ring (bicyclic) bond motifs is 8. The van der Waals surface area contributed by atoms with E-state index in [-0.39, 0.29) is 49.1 Å². The molecule has 5 heterocycles. The predicted octanol–water partition coefficient (Wildman–Crippen LogP) is 4.91. The Morgan fingerprint density at radius 1 is 0.667 bits per heavy atom. The lowest BCUT2D eigenvalue weighted by Gasteiger charge is -2.22. The zero-order valence-corrected chi connectivity index (χ0v) is 30.3. The average molecular weight is 701 g/mol. The number of hydrogen-bond acceptors (Lipinski definition) is 11. The Morgan fingerprint density at radius 2 is 1.18 bits per heavy atom. The molecule has 0 amide bonds. The van der Waals surface area contributed by atoms with Crippen LogP contribution in [0, 0.1) is 13.8 Å². The molecule has 0 saturated heterocycles. The van der Waals surface area contributed by atoms with Crippen LogP contribution in [0.2, 0.25) is 0 Å². The van der Waals surface area contributed by atoms with Crippen LogP contribution in [0.25, 0.3) is 22.1 Å². The van der Waals surface area contributed by atoms with E-state index >= 15 is 0 Å². The molecular formula is C38H44N4O9. The maximum atomic E-state index is 14.2. The van der Waals surface area contributed by atoms with Gasteiger partial charge in [0.1, 0.15) is 5.69 Å². The molecule has 0 aliphatic carbocycles. The quantitative estimate of drug-likeness (QED) is 0.217. The van der Waals surface area contributed by atoms with Gasteiger partial charge in [-0.15, -0.1) is 0 Å². The lowest BCUT2D eigenvalue weighted by atomic mass is 9.78. The number of carbonyl (C=O) groups excluding carboxylic acids is 5. The van der Waals surface area contributed by atoms with Crippen LogP contribution in [0.3, 0.4) is 0 Å². The fourth-order valence-corrected chi connectivity index (χ4v) is 6.95. The molecule has 5 rings (SSSR count). The van der Waals surface area contributed by atoms with Gasteiger partial charge in [0.15, 0.2) is 5.78 Å². The maximum absolute atomic E-state index is 14.2. The lowest BCUT2D eigenvalue weighted by Crippen LogP contribution is -2.32. The van der Waals surface area contributed by atoms with Crippen molar-refractivity contribution in [3.8, 4) is 0 Å². The molecule has 0 aromatic carbocycles. The highest BCUT2D eigenvalue weighted by Gasteiger charge is 2.45. The minimum absolute atomic E-state index is 0.00535. The second-order valence-electron chi connectivity index (χ2n) is 13.6. The first-order chi connectivity index (χ1) is 24.2. The molecule has 2 N–H and O–H groups in total. The van der Waals surface area contributed by atoms with E-state index < -0.39 is 22.8 Å². The summed E-state index contributed by atoms with van der Waals surface area (Å²) in [6, 6.07) is 7.20. The van der Waals surface area contributed by atoms with Gasteiger partial charge in [0, 0.05) is 58.1 Å². The second-order valence-corrected chi connectivity index (χ2v) is 13.6. The number of aryl methyl sites for hydroxylation is 4. The van der Waals surface area contributed by atoms with Gasteiger partial charge < -0.3 is 28.9 Å². The molecule has 0 unspecified atom stereocenters. The van der Waals surface area contributed by atoms with Crippen molar-refractivity contribution in [1.29, 1.82) is 0 Å². The summed E-state index contributed by atoms with van der Waals surface area (Å²) in [5.74, 6) is -2.10. The number of nitrogens with zero attached hydrogens (tertiary/aromatic N) is 2. The number of carbonyl (C=O) groups is 5. The topological polar surface area (TPSA) is 180 Å². The number of ether oxygens (including phenoxy) is 4. The van der Waals surface area contributed by atoms with Crippen LogP contribution >= 0.6 is 0 Å². The van der Waals surface area contributed by atoms with Crippen molar-refractivity contribution in [2.75, 3.05) is 28.4 Å². The van der Waals surface area contributed by atoms with E-state index in [2.05, 4.69) is 9.97 Å². The number of aromatic amines is 2. The summed E-state index contributed by atoms with van der Waals surface area (Å²) >= 11 is 0. The second kappa shape index (κ2) is 14.5. The minimum atomic E-state index is -1.37. The van der Waals surface area contributed by atoms with E-state index in [1.165, 1.54) is 28.4 Å². The fraction of sp³-hybridized carbons (Fsp3) is 0.447. The van der Waals surface area contributed by atoms with E-state index in [0.29, 0.717) is 47.4 Å². The van der Waals surface area contributed by atoms with Crippen molar-refractivity contribution in [1.82, 2.24) is 19.9 Å². The first-order valence-electron chi connectivity index (χ1n) is 16.7. The number of rotatable bonds is 10. The standard InChI is InChI=1S/C38H44N4O9/c1-20-23(9-11-32(43)48-5)27-14-28-24(10-12-33(44)49-6)21(2)26(41-28)15-31-38(4,19-35(46)51-8)36(47)29(42-31)16-30-37(3,18-34(45)50-7)17-22(39-30)13-25(20)40-27/h13-16,40-41H,9-12,17-19H2,1-8H3/t37-,38-/m1/s1. The molecule has 0 saturated carbocycles. The molecule has 51 heavy (non-hydrogen) atoms. The molecule has 3 aromatic rings. The van der Waals surface area contributed by atoms with Crippen LogP contribution < -0.4 is 0 Å². The number of ketones is 1. The van der Waals surface area contributed by atoms with Gasteiger partial charge in [-0.3, -0.25) is 29.0 Å². The Morgan fingerprint density at radius 3 is 1.71 bits per heavy atom. The van der Waals surface area contributed by atoms with Gasteiger partial charge >= 0.3 is 23.9 Å². The number of esters is 4. The first-order valence-corrected chi connectivity index (χ1v) is 16.7. The van der Waals surface area contributed by atoms with Gasteiger partial charge in [-0.1, -0.05) is 6.92 Å². The van der Waals surface area contributed by atoms with Gasteiger partial charge in [-0.25, -0.2) is 4.98 Å². The van der Waals surface area contributed by atoms with E-state index in [0.717, 1.165) is 33.3 Å². The van der Waals surface area contributed by atoms with E-state index in [1.807, 2.05) is 32.9 Å². The SMILES string of the molecule is COC(=O)CCc1c(C)c2cc3nc(cc4nc(cc5[nH]c(cc1[nH]2)c(CCC(=O)OC)c5C)[C@@](C)(CC(=O)OC)C4=O)[C@@](C)(CC(=O)OC)C3. The number of H-pyrrole nitrogens is 2. The van der Waals surface area contributed by atoms with Gasteiger partial charge in [0.05, 0.1) is 52.4 Å². The number of hydrogen-bond donors (Lipinski definition) is 2. The fourth-order valence-electron chi connectivity index (χ4n) is 6.95. The summed E-state index contributed by atoms with van der Waals surface area (Å²) in [7, 11) is 5.28. The summed E-state index contributed by atoms with van der Waals surface area (Å²) in [6.45, 7) is 7.42. The number of aromatic nitrogens is 4. The zero-order valence-electron chi connectivity index (χ0n) is 30.3. The normalized spacial score (nSPS) is 18.3. The third-order valence-corrected chi connectivity index (χ3v) is 10.2. The molecule has 13 nitrogen and oxygen atoms in total. The van der Waals surface area contributed by atoms with Gasteiger partial charge in [-0.05, 0) is 80.1 Å². The average Bonchev–Trinajstić information content (AvgIpc) is 3.74. The van der Waals surface area contributed by atoms with Crippen molar-refractivity contribution in [3.63, 3.8) is 0 Å². The molecule has 3 aromatic heterocycles. The van der Waals surface area contributed by atoms with Crippen molar-refractivity contribution < 1.29 is 42.9 Å². The summed E-state index contributed by atoms with van der Waals surface area (Å²) in [5.41, 5.74) is 5.68. The highest BCUT2D eigenvalue weighted by molar-refractivity contribution is 6.06. The lowest BCUT2D eigenvalue weighted by molar-refractivity contribution is -0.142. The summed E-state index contributed by atoms with van der Waals surface area (Å²) < 4.78 is 19.9. The molecule has 2 aliphatic rings. The van der Waals surface area contributed by atoms with Crippen LogP contribution in [-0.4, -0.2) is 78.0 Å². The monoisotopic (exact) mass is 700 g/mol. The minimum Gasteiger partial charge on any atom is -0.469 e. The Bertz CT molecular complexity index is 2100. The number of Topliss-reactive ketones (excluding diaryl/α,β-unsaturated/α-hetero) is 1. The highest BCUT2D eigenvalue weighted by atomic mass is 16.5. The molecule has 8 bridgehead atoms. The van der Waals surface area contributed by atoms with E-state index in [9.17, 15) is 24.0 Å². The number of nitrogens with one attached hydrogen (secondary N) is 2. The van der Waals surface area contributed by atoms with Gasteiger partial charge in [-0.2, -0.15) is 0 Å². The number of methoxy groups -OCH3 is 4. The van der Waals surface area contributed by atoms with Crippen LogP contribution in [0.5, 0.6) is 0 Å². The Labute approximate surface area is 295 Å². The Kier molecular flexibility index (Phi) is 10.5. The predicted molar refractivity (Wildman–Crippen MR) is 187 cm³/mol. The molecule has 13 heteroatoms. The van der Waals surface area contributed by atoms with Crippen molar-refractivity contribution >= 4 is 51.7 Å². The molecule has 0 spiro atoms. The maximum Gasteiger partial charge on any atom is 0.306 e. The largest absolute Gasteiger partial charge is 0.469 e. The smallest absolute Gasteiger partial charge is 0.306 e. The summed E-state index contributed by atoms with van der Waals surface area (Å²) in [6.07, 6.45) is 1.15. The van der Waals surface area contributed by atoms with Crippen LogP contribution in [0.1, 0.15) is 89.4 Å². The van der Waals surface area contributed by atoms with E-state index in [1.54, 1.807) is 19.1 Å². The zero-order chi connectivity index (χ0) is 37.2. The van der Waals surface area contributed by atoms with Crippen LogP contribution in [-0.2, 0) is 68.2 Å². The van der Waals surface area contributed by atoms with Crippen molar-refractivity contribution in [3.05, 3.63) is 69.3 Å². The summed E-state index contributed by atoms with van der Waals surface area (Å²) in [4.78, 5) is 80.8.